The van der Waals surface area contributed by atoms with Crippen molar-refractivity contribution in [2.75, 3.05) is 0 Å². The van der Waals surface area contributed by atoms with Crippen LogP contribution in [0.4, 0.5) is 18.9 Å². The van der Waals surface area contributed by atoms with Crippen LogP contribution < -0.4 is 0 Å². The molecule has 0 saturated carbocycles. The molecule has 1 aromatic carbocycles. The first kappa shape index (κ1) is 14.0. The monoisotopic (exact) mass is 287 g/mol. The van der Waals surface area contributed by atoms with Gasteiger partial charge in [-0.3, -0.25) is 10.1 Å². The lowest BCUT2D eigenvalue weighted by atomic mass is 10.2. The van der Waals surface area contributed by atoms with Gasteiger partial charge in [0, 0.05) is 12.3 Å². The lowest BCUT2D eigenvalue weighted by Crippen LogP contribution is -2.04. The van der Waals surface area contributed by atoms with E-state index in [1.165, 1.54) is 12.1 Å². The Morgan fingerprint density at radius 2 is 2.10 bits per heavy atom. The van der Waals surface area contributed by atoms with Crippen molar-refractivity contribution in [3.05, 3.63) is 51.8 Å². The molecule has 0 fully saturated rings. The molecule has 106 valence electrons. The van der Waals surface area contributed by atoms with Crippen molar-refractivity contribution in [2.24, 2.45) is 0 Å². The minimum atomic E-state index is -4.57. The molecule has 0 atom stereocenters. The summed E-state index contributed by atoms with van der Waals surface area (Å²) in [6.45, 7) is -0.409. The topological polar surface area (TPSA) is 81.2 Å². The Morgan fingerprint density at radius 3 is 2.60 bits per heavy atom. The molecule has 0 aliphatic heterocycles. The number of nitrogens with zero attached hydrogens (tertiary/aromatic N) is 3. The van der Waals surface area contributed by atoms with E-state index in [9.17, 15) is 23.3 Å². The number of nitro groups is 1. The summed E-state index contributed by atoms with van der Waals surface area (Å²) in [5.74, 6) is 0. The Morgan fingerprint density at radius 1 is 1.40 bits per heavy atom. The normalized spacial score (nSPS) is 11.6. The van der Waals surface area contributed by atoms with Gasteiger partial charge in [-0.1, -0.05) is 6.07 Å². The number of nitro benzene ring substituents is 1. The van der Waals surface area contributed by atoms with E-state index in [4.69, 9.17) is 5.11 Å². The van der Waals surface area contributed by atoms with Crippen molar-refractivity contribution in [2.45, 2.75) is 12.8 Å². The molecule has 0 aliphatic carbocycles. The summed E-state index contributed by atoms with van der Waals surface area (Å²) >= 11 is 0. The SMILES string of the molecule is O=[N+]([O-])c1cc(CO)ccc1-n1cc(C(F)(F)F)cn1. The minimum Gasteiger partial charge on any atom is -0.392 e. The lowest BCUT2D eigenvalue weighted by molar-refractivity contribution is -0.384. The largest absolute Gasteiger partial charge is 0.419 e. The number of halogens is 3. The van der Waals surface area contributed by atoms with Crippen LogP contribution in [-0.4, -0.2) is 19.8 Å². The van der Waals surface area contributed by atoms with Gasteiger partial charge in [-0.05, 0) is 11.6 Å². The molecule has 2 aromatic rings. The van der Waals surface area contributed by atoms with Crippen LogP contribution in [-0.2, 0) is 12.8 Å². The fourth-order valence-corrected chi connectivity index (χ4v) is 1.61. The van der Waals surface area contributed by atoms with Gasteiger partial charge in [-0.2, -0.15) is 18.3 Å². The molecule has 0 radical (unpaired) electrons. The van der Waals surface area contributed by atoms with E-state index < -0.39 is 29.0 Å². The van der Waals surface area contributed by atoms with Gasteiger partial charge < -0.3 is 5.11 Å². The van der Waals surface area contributed by atoms with E-state index in [1.807, 2.05) is 0 Å². The standard InChI is InChI=1S/C11H8F3N3O3/c12-11(13,14)8-4-15-16(5-8)9-2-1-7(6-18)3-10(9)17(19)20/h1-5,18H,6H2. The van der Waals surface area contributed by atoms with Crippen LogP contribution >= 0.6 is 0 Å². The average Bonchev–Trinajstić information content (AvgIpc) is 2.87. The van der Waals surface area contributed by atoms with Crippen molar-refractivity contribution in [1.29, 1.82) is 0 Å². The number of aliphatic hydroxyl groups is 1. The maximum absolute atomic E-state index is 12.5. The highest BCUT2D eigenvalue weighted by molar-refractivity contribution is 5.53. The zero-order valence-corrected chi connectivity index (χ0v) is 9.83. The van der Waals surface area contributed by atoms with Crippen LogP contribution in [0.15, 0.2) is 30.6 Å². The fraction of sp³-hybridized carbons (Fsp3) is 0.182. The van der Waals surface area contributed by atoms with Crippen molar-refractivity contribution in [3.63, 3.8) is 0 Å². The quantitative estimate of drug-likeness (QED) is 0.693. The number of rotatable bonds is 3. The maximum atomic E-state index is 12.5. The number of aliphatic hydroxyl groups excluding tert-OH is 1. The fourth-order valence-electron chi connectivity index (χ4n) is 1.61. The molecule has 1 aromatic heterocycles. The second-order valence-corrected chi connectivity index (χ2v) is 3.91. The predicted octanol–water partition coefficient (Wildman–Crippen LogP) is 2.29. The molecule has 1 heterocycles. The third-order valence-electron chi connectivity index (χ3n) is 2.58. The van der Waals surface area contributed by atoms with Gasteiger partial charge in [0.15, 0.2) is 0 Å². The molecule has 0 bridgehead atoms. The third-order valence-corrected chi connectivity index (χ3v) is 2.58. The van der Waals surface area contributed by atoms with E-state index in [0.717, 1.165) is 10.7 Å². The van der Waals surface area contributed by atoms with Gasteiger partial charge in [0.2, 0.25) is 0 Å². The van der Waals surface area contributed by atoms with Crippen molar-refractivity contribution >= 4 is 5.69 Å². The summed E-state index contributed by atoms with van der Waals surface area (Å²) in [6.07, 6.45) is -3.32. The van der Waals surface area contributed by atoms with Gasteiger partial charge in [0.25, 0.3) is 5.69 Å². The maximum Gasteiger partial charge on any atom is 0.419 e. The molecule has 0 spiro atoms. The molecule has 0 unspecified atom stereocenters. The molecular weight excluding hydrogens is 279 g/mol. The zero-order chi connectivity index (χ0) is 14.9. The Bertz CT molecular complexity index is 652. The number of hydrogen-bond acceptors (Lipinski definition) is 4. The van der Waals surface area contributed by atoms with Gasteiger partial charge in [0.1, 0.15) is 5.69 Å². The highest BCUT2D eigenvalue weighted by atomic mass is 19.4. The van der Waals surface area contributed by atoms with E-state index in [0.29, 0.717) is 12.4 Å². The number of alkyl halides is 3. The van der Waals surface area contributed by atoms with E-state index in [-0.39, 0.29) is 11.3 Å². The first-order chi connectivity index (χ1) is 9.32. The molecule has 0 saturated heterocycles. The highest BCUT2D eigenvalue weighted by Crippen LogP contribution is 2.30. The Labute approximate surface area is 110 Å². The Kier molecular flexibility index (Phi) is 3.45. The minimum absolute atomic E-state index is 0.109. The average molecular weight is 287 g/mol. The van der Waals surface area contributed by atoms with E-state index in [1.54, 1.807) is 0 Å². The van der Waals surface area contributed by atoms with Crippen molar-refractivity contribution in [1.82, 2.24) is 9.78 Å². The second kappa shape index (κ2) is 4.93. The molecule has 0 aliphatic rings. The second-order valence-electron chi connectivity index (χ2n) is 3.91. The van der Waals surface area contributed by atoms with E-state index >= 15 is 0 Å². The lowest BCUT2D eigenvalue weighted by Gasteiger charge is -2.05. The summed E-state index contributed by atoms with van der Waals surface area (Å²) in [7, 11) is 0. The number of aromatic nitrogens is 2. The summed E-state index contributed by atoms with van der Waals surface area (Å²) in [5.41, 5.74) is -1.27. The van der Waals surface area contributed by atoms with Gasteiger partial charge in [-0.15, -0.1) is 0 Å². The van der Waals surface area contributed by atoms with Crippen molar-refractivity contribution in [3.8, 4) is 5.69 Å². The molecular formula is C11H8F3N3O3. The molecule has 6 nitrogen and oxygen atoms in total. The summed E-state index contributed by atoms with van der Waals surface area (Å²) < 4.78 is 38.2. The Hall–Kier alpha value is -2.42. The van der Waals surface area contributed by atoms with Crippen LogP contribution in [0.1, 0.15) is 11.1 Å². The van der Waals surface area contributed by atoms with Crippen LogP contribution in [0.5, 0.6) is 0 Å². The molecule has 0 amide bonds. The Balaban J connectivity index is 2.52. The van der Waals surface area contributed by atoms with Gasteiger partial charge in [0.05, 0.1) is 23.3 Å². The summed E-state index contributed by atoms with van der Waals surface area (Å²) in [5, 5.41) is 23.3. The predicted molar refractivity (Wildman–Crippen MR) is 61.1 cm³/mol. The van der Waals surface area contributed by atoms with Crippen LogP contribution in [0.25, 0.3) is 5.69 Å². The first-order valence-corrected chi connectivity index (χ1v) is 5.33. The van der Waals surface area contributed by atoms with Crippen LogP contribution in [0.3, 0.4) is 0 Å². The smallest absolute Gasteiger partial charge is 0.392 e. The highest BCUT2D eigenvalue weighted by Gasteiger charge is 2.32. The summed E-state index contributed by atoms with van der Waals surface area (Å²) in [6, 6.07) is 3.69. The molecule has 2 rings (SSSR count). The summed E-state index contributed by atoms with van der Waals surface area (Å²) in [4.78, 5) is 10.2. The van der Waals surface area contributed by atoms with Crippen molar-refractivity contribution < 1.29 is 23.2 Å². The number of benzene rings is 1. The van der Waals surface area contributed by atoms with Crippen LogP contribution in [0, 0.1) is 10.1 Å². The number of hydrogen-bond donors (Lipinski definition) is 1. The molecule has 20 heavy (non-hydrogen) atoms. The van der Waals surface area contributed by atoms with Gasteiger partial charge >= 0.3 is 6.18 Å². The molecule has 9 heteroatoms. The molecule has 1 N–H and O–H groups in total. The first-order valence-electron chi connectivity index (χ1n) is 5.33. The van der Waals surface area contributed by atoms with Gasteiger partial charge in [-0.25, -0.2) is 4.68 Å². The van der Waals surface area contributed by atoms with Crippen LogP contribution in [0.2, 0.25) is 0 Å². The zero-order valence-electron chi connectivity index (χ0n) is 9.83. The third kappa shape index (κ3) is 2.62. The van der Waals surface area contributed by atoms with E-state index in [2.05, 4.69) is 5.10 Å².